The highest BCUT2D eigenvalue weighted by atomic mass is 19.1. The zero-order chi connectivity index (χ0) is 24.1. The van der Waals surface area contributed by atoms with Gasteiger partial charge in [0.1, 0.15) is 17.9 Å². The molecular formula is C24H30FN4O4+. The van der Waals surface area contributed by atoms with Gasteiger partial charge in [-0.2, -0.15) is 0 Å². The number of benzene rings is 1. The molecule has 2 aliphatic rings. The lowest BCUT2D eigenvalue weighted by Crippen LogP contribution is -2.72. The number of hydrogen-bond acceptors (Lipinski definition) is 4. The van der Waals surface area contributed by atoms with E-state index in [2.05, 4.69) is 13.8 Å². The number of amides is 2. The van der Waals surface area contributed by atoms with Gasteiger partial charge in [-0.3, -0.25) is 23.8 Å². The molecule has 9 heteroatoms. The Kier molecular flexibility index (Phi) is 5.78. The Hall–Kier alpha value is -3.20. The van der Waals surface area contributed by atoms with E-state index in [-0.39, 0.29) is 29.3 Å². The largest absolute Gasteiger partial charge is 0.503 e. The third-order valence-corrected chi connectivity index (χ3v) is 6.88. The van der Waals surface area contributed by atoms with Gasteiger partial charge in [0, 0.05) is 30.1 Å². The molecule has 3 atom stereocenters. The average Bonchev–Trinajstić information content (AvgIpc) is 2.74. The summed E-state index contributed by atoms with van der Waals surface area (Å²) in [6.45, 7) is 8.71. The van der Waals surface area contributed by atoms with Crippen molar-refractivity contribution in [1.82, 2.24) is 9.47 Å². The van der Waals surface area contributed by atoms with Crippen molar-refractivity contribution in [3.8, 4) is 5.75 Å². The van der Waals surface area contributed by atoms with Crippen LogP contribution >= 0.6 is 0 Å². The van der Waals surface area contributed by atoms with Crippen LogP contribution in [0.3, 0.4) is 0 Å². The Balaban J connectivity index is 1.86. The van der Waals surface area contributed by atoms with Gasteiger partial charge in [-0.25, -0.2) is 4.39 Å². The molecule has 3 N–H and O–H groups in total. The molecule has 2 aliphatic heterocycles. The molecule has 4 rings (SSSR count). The van der Waals surface area contributed by atoms with E-state index in [0.717, 1.165) is 25.1 Å². The molecule has 0 spiro atoms. The number of rotatable bonds is 5. The summed E-state index contributed by atoms with van der Waals surface area (Å²) >= 11 is 0. The summed E-state index contributed by atoms with van der Waals surface area (Å²) in [6.07, 6.45) is 1.75. The first-order valence-corrected chi connectivity index (χ1v) is 11.2. The number of aromatic hydroxyl groups is 1. The van der Waals surface area contributed by atoms with Gasteiger partial charge in [0.05, 0.1) is 19.6 Å². The first kappa shape index (κ1) is 23.0. The summed E-state index contributed by atoms with van der Waals surface area (Å²) in [5.74, 6) is -2.11. The number of nitrogens with zero attached hydrogens (tertiary/aromatic N) is 3. The topological polar surface area (TPSA) is 106 Å². The second-order valence-corrected chi connectivity index (χ2v) is 9.72. The molecule has 0 bridgehead atoms. The maximum Gasteiger partial charge on any atom is 0.279 e. The van der Waals surface area contributed by atoms with Gasteiger partial charge in [0.2, 0.25) is 5.43 Å². The Morgan fingerprint density at radius 2 is 1.94 bits per heavy atom. The maximum absolute atomic E-state index is 13.6. The molecule has 0 saturated carbocycles. The minimum atomic E-state index is -0.952. The van der Waals surface area contributed by atoms with E-state index in [1.807, 2.05) is 6.92 Å². The van der Waals surface area contributed by atoms with Crippen LogP contribution in [0.25, 0.3) is 0 Å². The van der Waals surface area contributed by atoms with Crippen molar-refractivity contribution in [3.63, 3.8) is 0 Å². The van der Waals surface area contributed by atoms with E-state index >= 15 is 0 Å². The molecule has 1 unspecified atom stereocenters. The van der Waals surface area contributed by atoms with Crippen molar-refractivity contribution in [3.05, 3.63) is 63.3 Å². The lowest BCUT2D eigenvalue weighted by molar-refractivity contribution is -0.982. The summed E-state index contributed by atoms with van der Waals surface area (Å²) in [5.41, 5.74) is 4.92. The predicted molar refractivity (Wildman–Crippen MR) is 120 cm³/mol. The molecule has 0 radical (unpaired) electrons. The fourth-order valence-electron chi connectivity index (χ4n) is 5.52. The van der Waals surface area contributed by atoms with Crippen LogP contribution in [0.1, 0.15) is 53.6 Å². The third kappa shape index (κ3) is 3.90. The molecule has 2 aromatic rings. The highest BCUT2D eigenvalue weighted by Crippen LogP contribution is 2.37. The summed E-state index contributed by atoms with van der Waals surface area (Å²) in [4.78, 5) is 39.6. The number of nitrogens with two attached hydrogens (primary N) is 1. The van der Waals surface area contributed by atoms with Crippen molar-refractivity contribution < 1.29 is 23.6 Å². The van der Waals surface area contributed by atoms with Crippen LogP contribution in [0.4, 0.5) is 4.39 Å². The highest BCUT2D eigenvalue weighted by Gasteiger charge is 2.52. The van der Waals surface area contributed by atoms with Gasteiger partial charge in [0.25, 0.3) is 11.8 Å². The molecule has 1 saturated heterocycles. The van der Waals surface area contributed by atoms with Crippen LogP contribution in [-0.2, 0) is 13.1 Å². The second kappa shape index (κ2) is 8.30. The second-order valence-electron chi connectivity index (χ2n) is 9.72. The molecule has 1 aromatic carbocycles. The highest BCUT2D eigenvalue weighted by molar-refractivity contribution is 5.98. The standard InChI is InChI=1S/C24H29FN4O4/c1-14(2)12-29(13-16-4-6-17(25)7-5-16)9-8-15(3)28-19(29)11-27-10-18(23(26)32)21(30)22(31)20(27)24(28)33/h4-7,10,14-15,19H,8-9,11-13H2,1-3H3,(H2-,26,31,32,33)/p+1/t15-,19-,29?/m0/s1. The Morgan fingerprint density at radius 3 is 2.55 bits per heavy atom. The molecular weight excluding hydrogens is 427 g/mol. The minimum Gasteiger partial charge on any atom is -0.503 e. The molecule has 33 heavy (non-hydrogen) atoms. The van der Waals surface area contributed by atoms with Gasteiger partial charge < -0.3 is 15.4 Å². The predicted octanol–water partition coefficient (Wildman–Crippen LogP) is 2.04. The summed E-state index contributed by atoms with van der Waals surface area (Å²) in [7, 11) is 0. The van der Waals surface area contributed by atoms with E-state index < -0.39 is 23.0 Å². The van der Waals surface area contributed by atoms with Gasteiger partial charge in [-0.15, -0.1) is 0 Å². The SMILES string of the molecule is CC(C)C[N+]1(Cc2ccc(F)cc2)CC[C@H](C)N2C(=O)c3c(O)c(=O)c(C(N)=O)cn3C[C@@H]21. The van der Waals surface area contributed by atoms with Crippen molar-refractivity contribution in [2.75, 3.05) is 13.1 Å². The van der Waals surface area contributed by atoms with Crippen LogP contribution in [0.15, 0.2) is 35.3 Å². The van der Waals surface area contributed by atoms with Gasteiger partial charge in [-0.1, -0.05) is 26.0 Å². The first-order valence-electron chi connectivity index (χ1n) is 11.2. The number of quaternary nitrogens is 1. The number of fused-ring (bicyclic) bond motifs is 2. The third-order valence-electron chi connectivity index (χ3n) is 6.88. The summed E-state index contributed by atoms with van der Waals surface area (Å²) in [6, 6.07) is 6.33. The number of halogens is 1. The molecule has 1 aromatic heterocycles. The fourth-order valence-corrected chi connectivity index (χ4v) is 5.52. The molecule has 8 nitrogen and oxygen atoms in total. The van der Waals surface area contributed by atoms with Crippen LogP contribution in [0, 0.1) is 11.7 Å². The molecule has 2 amide bonds. The van der Waals surface area contributed by atoms with Crippen molar-refractivity contribution >= 4 is 11.8 Å². The lowest BCUT2D eigenvalue weighted by atomic mass is 9.96. The van der Waals surface area contributed by atoms with E-state index in [9.17, 15) is 23.9 Å². The fraction of sp³-hybridized carbons (Fsp3) is 0.458. The van der Waals surface area contributed by atoms with Crippen LogP contribution in [0.5, 0.6) is 5.75 Å². The summed E-state index contributed by atoms with van der Waals surface area (Å²) in [5, 5.41) is 10.5. The van der Waals surface area contributed by atoms with E-state index in [4.69, 9.17) is 5.73 Å². The van der Waals surface area contributed by atoms with E-state index in [1.165, 1.54) is 22.9 Å². The van der Waals surface area contributed by atoms with Crippen molar-refractivity contribution in [2.45, 2.75) is 52.5 Å². The quantitative estimate of drug-likeness (QED) is 0.670. The van der Waals surface area contributed by atoms with Gasteiger partial charge >= 0.3 is 0 Å². The lowest BCUT2D eigenvalue weighted by Gasteiger charge is -2.56. The molecule has 3 heterocycles. The molecule has 0 aliphatic carbocycles. The smallest absolute Gasteiger partial charge is 0.279 e. The van der Waals surface area contributed by atoms with E-state index in [1.54, 1.807) is 17.0 Å². The monoisotopic (exact) mass is 457 g/mol. The number of carbonyl (C=O) groups is 2. The number of carbonyl (C=O) groups excluding carboxylic acids is 2. The zero-order valence-electron chi connectivity index (χ0n) is 19.1. The van der Waals surface area contributed by atoms with Crippen LogP contribution in [0.2, 0.25) is 0 Å². The van der Waals surface area contributed by atoms with Crippen LogP contribution < -0.4 is 11.2 Å². The number of hydrogen-bond donors (Lipinski definition) is 2. The van der Waals surface area contributed by atoms with Crippen molar-refractivity contribution in [2.24, 2.45) is 11.7 Å². The average molecular weight is 458 g/mol. The van der Waals surface area contributed by atoms with Crippen LogP contribution in [-0.4, -0.2) is 56.2 Å². The molecule has 176 valence electrons. The normalized spacial score (nSPS) is 24.5. The number of aromatic nitrogens is 1. The Labute approximate surface area is 191 Å². The van der Waals surface area contributed by atoms with Gasteiger partial charge in [-0.05, 0) is 19.1 Å². The Morgan fingerprint density at radius 1 is 1.27 bits per heavy atom. The Bertz CT molecular complexity index is 1160. The first-order chi connectivity index (χ1) is 15.5. The van der Waals surface area contributed by atoms with Crippen molar-refractivity contribution in [1.29, 1.82) is 0 Å². The zero-order valence-corrected chi connectivity index (χ0v) is 19.1. The number of pyridine rings is 1. The van der Waals surface area contributed by atoms with Gasteiger partial charge in [0.15, 0.2) is 17.6 Å². The molecule has 1 fully saturated rings. The van der Waals surface area contributed by atoms with E-state index in [0.29, 0.717) is 23.5 Å². The summed E-state index contributed by atoms with van der Waals surface area (Å²) < 4.78 is 15.6. The minimum absolute atomic E-state index is 0.0896. The number of primary amides is 1. The maximum atomic E-state index is 13.6.